The predicted octanol–water partition coefficient (Wildman–Crippen LogP) is 3.89. The molecule has 0 aliphatic heterocycles. The number of phenols is 1. The number of aryl methyl sites for hydroxylation is 1. The second-order valence-electron chi connectivity index (χ2n) is 6.59. The highest BCUT2D eigenvalue weighted by molar-refractivity contribution is 5.97. The van der Waals surface area contributed by atoms with E-state index in [2.05, 4.69) is 5.32 Å². The quantitative estimate of drug-likeness (QED) is 0.690. The number of hydrogen-bond donors (Lipinski definition) is 2. The first-order valence-corrected chi connectivity index (χ1v) is 8.92. The third-order valence-corrected chi connectivity index (χ3v) is 4.25. The van der Waals surface area contributed by atoms with Gasteiger partial charge in [-0.1, -0.05) is 25.1 Å². The summed E-state index contributed by atoms with van der Waals surface area (Å²) in [7, 11) is 0. The van der Waals surface area contributed by atoms with Gasteiger partial charge >= 0.3 is 0 Å². The smallest absolute Gasteiger partial charge is 0.238 e. The number of nitrogens with zero attached hydrogens (tertiary/aromatic N) is 1. The summed E-state index contributed by atoms with van der Waals surface area (Å²) in [6, 6.07) is 9.70. The summed E-state index contributed by atoms with van der Waals surface area (Å²) in [5, 5.41) is 13.2. The fraction of sp³-hybridized carbons (Fsp3) is 0.333. The van der Waals surface area contributed by atoms with E-state index >= 15 is 0 Å². The summed E-state index contributed by atoms with van der Waals surface area (Å²) < 4.78 is 13.8. The van der Waals surface area contributed by atoms with E-state index in [1.165, 1.54) is 13.0 Å². The summed E-state index contributed by atoms with van der Waals surface area (Å²) >= 11 is 0. The number of ketones is 1. The van der Waals surface area contributed by atoms with Crippen molar-refractivity contribution in [1.82, 2.24) is 4.90 Å². The molecule has 2 aromatic rings. The monoisotopic (exact) mass is 372 g/mol. The van der Waals surface area contributed by atoms with Crippen LogP contribution in [0, 0.1) is 12.7 Å². The van der Waals surface area contributed by atoms with Gasteiger partial charge in [0, 0.05) is 17.8 Å². The minimum Gasteiger partial charge on any atom is -0.507 e. The molecule has 0 spiro atoms. The van der Waals surface area contributed by atoms with E-state index in [1.807, 2.05) is 43.0 Å². The van der Waals surface area contributed by atoms with Crippen LogP contribution in [0.5, 0.6) is 5.75 Å². The Bertz CT molecular complexity index is 836. The van der Waals surface area contributed by atoms with Crippen molar-refractivity contribution in [2.75, 3.05) is 18.4 Å². The Morgan fingerprint density at radius 2 is 1.93 bits per heavy atom. The normalized spacial score (nSPS) is 10.9. The van der Waals surface area contributed by atoms with Gasteiger partial charge in [0.25, 0.3) is 0 Å². The summed E-state index contributed by atoms with van der Waals surface area (Å²) in [5.74, 6) is -1.42. The van der Waals surface area contributed by atoms with Gasteiger partial charge in [0.2, 0.25) is 5.91 Å². The molecule has 144 valence electrons. The summed E-state index contributed by atoms with van der Waals surface area (Å²) in [5.41, 5.74) is 1.94. The Morgan fingerprint density at radius 3 is 2.56 bits per heavy atom. The molecule has 0 saturated heterocycles. The molecular weight excluding hydrogens is 347 g/mol. The standard InChI is InChI=1S/C21H25FN2O3/c1-4-9-24(13-20(26)23-19-8-6-5-7-14(19)2)12-16-10-17(22)11-18(15(3)25)21(16)27/h5-8,10-11,27H,4,9,12-13H2,1-3H3,(H,23,26). The predicted molar refractivity (Wildman–Crippen MR) is 103 cm³/mol. The van der Waals surface area contributed by atoms with Crippen LogP contribution in [-0.4, -0.2) is 34.8 Å². The molecule has 0 aliphatic rings. The number of carbonyl (C=O) groups is 2. The molecule has 5 nitrogen and oxygen atoms in total. The molecule has 0 aliphatic carbocycles. The summed E-state index contributed by atoms with van der Waals surface area (Å²) in [4.78, 5) is 25.8. The van der Waals surface area contributed by atoms with Crippen LogP contribution in [0.1, 0.15) is 41.8 Å². The highest BCUT2D eigenvalue weighted by Gasteiger charge is 2.18. The highest BCUT2D eigenvalue weighted by atomic mass is 19.1. The van der Waals surface area contributed by atoms with Crippen LogP contribution in [-0.2, 0) is 11.3 Å². The van der Waals surface area contributed by atoms with Gasteiger partial charge in [-0.3, -0.25) is 14.5 Å². The van der Waals surface area contributed by atoms with Crippen LogP contribution >= 0.6 is 0 Å². The number of benzene rings is 2. The Hall–Kier alpha value is -2.73. The first kappa shape index (κ1) is 20.6. The average Bonchev–Trinajstić information content (AvgIpc) is 2.59. The number of anilines is 1. The molecule has 2 N–H and O–H groups in total. The molecule has 0 saturated carbocycles. The van der Waals surface area contributed by atoms with Gasteiger partial charge in [-0.05, 0) is 50.6 Å². The summed E-state index contributed by atoms with van der Waals surface area (Å²) in [6.07, 6.45) is 0.785. The van der Waals surface area contributed by atoms with Crippen LogP contribution in [0.4, 0.5) is 10.1 Å². The van der Waals surface area contributed by atoms with E-state index in [0.29, 0.717) is 6.54 Å². The van der Waals surface area contributed by atoms with Crippen molar-refractivity contribution in [2.24, 2.45) is 0 Å². The van der Waals surface area contributed by atoms with Crippen LogP contribution in [0.15, 0.2) is 36.4 Å². The number of halogens is 1. The Balaban J connectivity index is 2.15. The molecule has 27 heavy (non-hydrogen) atoms. The molecule has 6 heteroatoms. The fourth-order valence-corrected chi connectivity index (χ4v) is 2.92. The van der Waals surface area contributed by atoms with Crippen molar-refractivity contribution in [1.29, 1.82) is 0 Å². The van der Waals surface area contributed by atoms with Gasteiger partial charge in [0.05, 0.1) is 12.1 Å². The highest BCUT2D eigenvalue weighted by Crippen LogP contribution is 2.26. The molecular formula is C21H25FN2O3. The van der Waals surface area contributed by atoms with E-state index in [-0.39, 0.29) is 35.9 Å². The van der Waals surface area contributed by atoms with E-state index in [4.69, 9.17) is 0 Å². The van der Waals surface area contributed by atoms with Crippen molar-refractivity contribution in [2.45, 2.75) is 33.7 Å². The van der Waals surface area contributed by atoms with E-state index in [9.17, 15) is 19.1 Å². The van der Waals surface area contributed by atoms with Crippen LogP contribution < -0.4 is 5.32 Å². The molecule has 2 rings (SSSR count). The number of carbonyl (C=O) groups excluding carboxylic acids is 2. The SMILES string of the molecule is CCCN(CC(=O)Nc1ccccc1C)Cc1cc(F)cc(C(C)=O)c1O. The lowest BCUT2D eigenvalue weighted by atomic mass is 10.0. The molecule has 0 heterocycles. The molecule has 0 bridgehead atoms. The Labute approximate surface area is 158 Å². The van der Waals surface area contributed by atoms with Gasteiger partial charge in [-0.25, -0.2) is 4.39 Å². The van der Waals surface area contributed by atoms with Crippen LogP contribution in [0.3, 0.4) is 0 Å². The lowest BCUT2D eigenvalue weighted by Gasteiger charge is -2.22. The lowest BCUT2D eigenvalue weighted by molar-refractivity contribution is -0.117. The number of amides is 1. The van der Waals surface area contributed by atoms with Gasteiger partial charge < -0.3 is 10.4 Å². The third kappa shape index (κ3) is 5.62. The van der Waals surface area contributed by atoms with Gasteiger partial charge in [0.15, 0.2) is 5.78 Å². The number of aromatic hydroxyl groups is 1. The zero-order valence-electron chi connectivity index (χ0n) is 15.9. The van der Waals surface area contributed by atoms with Crippen molar-refractivity contribution in [3.63, 3.8) is 0 Å². The number of Topliss-reactive ketones (excluding diaryl/α,β-unsaturated/α-hetero) is 1. The van der Waals surface area contributed by atoms with E-state index in [0.717, 1.165) is 23.7 Å². The number of phenolic OH excluding ortho intramolecular Hbond substituents is 1. The maximum Gasteiger partial charge on any atom is 0.238 e. The minimum atomic E-state index is -0.589. The largest absolute Gasteiger partial charge is 0.507 e. The molecule has 0 radical (unpaired) electrons. The number of rotatable bonds is 8. The first-order chi connectivity index (χ1) is 12.8. The van der Waals surface area contributed by atoms with Gasteiger partial charge in [0.1, 0.15) is 11.6 Å². The Kier molecular flexibility index (Phi) is 7.07. The molecule has 0 aromatic heterocycles. The molecule has 1 amide bonds. The van der Waals surface area contributed by atoms with Crippen molar-refractivity contribution < 1.29 is 19.1 Å². The topological polar surface area (TPSA) is 69.6 Å². The second kappa shape index (κ2) is 9.28. The van der Waals surface area contributed by atoms with E-state index in [1.54, 1.807) is 0 Å². The van der Waals surface area contributed by atoms with Crippen LogP contribution in [0.25, 0.3) is 0 Å². The van der Waals surface area contributed by atoms with E-state index < -0.39 is 11.6 Å². The molecule has 0 fully saturated rings. The Morgan fingerprint density at radius 1 is 1.22 bits per heavy atom. The van der Waals surface area contributed by atoms with Gasteiger partial charge in [-0.15, -0.1) is 0 Å². The number of hydrogen-bond acceptors (Lipinski definition) is 4. The van der Waals surface area contributed by atoms with Crippen molar-refractivity contribution >= 4 is 17.4 Å². The average molecular weight is 372 g/mol. The lowest BCUT2D eigenvalue weighted by Crippen LogP contribution is -2.33. The van der Waals surface area contributed by atoms with Gasteiger partial charge in [-0.2, -0.15) is 0 Å². The zero-order chi connectivity index (χ0) is 20.0. The van der Waals surface area contributed by atoms with Crippen LogP contribution in [0.2, 0.25) is 0 Å². The minimum absolute atomic E-state index is 0.0502. The maximum atomic E-state index is 13.8. The molecule has 0 unspecified atom stereocenters. The molecule has 0 atom stereocenters. The maximum absolute atomic E-state index is 13.8. The van der Waals surface area contributed by atoms with Crippen molar-refractivity contribution in [3.05, 3.63) is 58.9 Å². The first-order valence-electron chi connectivity index (χ1n) is 8.92. The molecule has 2 aromatic carbocycles. The zero-order valence-corrected chi connectivity index (χ0v) is 15.9. The van der Waals surface area contributed by atoms with Crippen molar-refractivity contribution in [3.8, 4) is 5.75 Å². The third-order valence-electron chi connectivity index (χ3n) is 4.25. The second-order valence-corrected chi connectivity index (χ2v) is 6.59. The summed E-state index contributed by atoms with van der Waals surface area (Å²) in [6.45, 7) is 6.00. The number of para-hydroxylation sites is 1. The number of nitrogens with one attached hydrogen (secondary N) is 1. The fourth-order valence-electron chi connectivity index (χ4n) is 2.92.